The first-order chi connectivity index (χ1) is 20.2. The number of amides is 1. The number of thiazole rings is 1. The van der Waals surface area contributed by atoms with E-state index in [1.165, 1.54) is 37.6 Å². The topological polar surface area (TPSA) is 117 Å². The molecular weight excluding hydrogens is 560 g/mol. The summed E-state index contributed by atoms with van der Waals surface area (Å²) in [5.74, 6) is -0.0755. The summed E-state index contributed by atoms with van der Waals surface area (Å²) in [6, 6.07) is 11.1. The van der Waals surface area contributed by atoms with Gasteiger partial charge < -0.3 is 28.8 Å². The molecule has 3 aromatic carbocycles. The number of hydrogen-bond acceptors (Lipinski definition) is 10. The first-order valence-electron chi connectivity index (χ1n) is 13.1. The zero-order valence-corrected chi connectivity index (χ0v) is 24.5. The van der Waals surface area contributed by atoms with Gasteiger partial charge in [-0.1, -0.05) is 17.4 Å². The average molecular weight is 589 g/mol. The Balaban J connectivity index is 1.60. The zero-order chi connectivity index (χ0) is 29.7. The molecule has 0 aliphatic carbocycles. The fraction of sp³-hybridized carbons (Fsp3) is 0.258. The molecule has 0 spiro atoms. The summed E-state index contributed by atoms with van der Waals surface area (Å²) in [6.07, 6.45) is 0. The Kier molecular flexibility index (Phi) is 6.90. The van der Waals surface area contributed by atoms with Gasteiger partial charge in [0.2, 0.25) is 5.75 Å². The van der Waals surface area contributed by atoms with Crippen molar-refractivity contribution in [1.82, 2.24) is 4.98 Å². The number of ether oxygens (including phenoxy) is 5. The third kappa shape index (κ3) is 4.37. The van der Waals surface area contributed by atoms with Crippen molar-refractivity contribution in [2.24, 2.45) is 0 Å². The van der Waals surface area contributed by atoms with E-state index in [2.05, 4.69) is 0 Å². The second kappa shape index (κ2) is 10.6. The smallest absolute Gasteiger partial charge is 0.301 e. The zero-order valence-electron chi connectivity index (χ0n) is 23.6. The standard InChI is InChI=1S/C31H28N2O8S/c1-15-10-16(2)25-23(11-15)42-31(32-25)33-26(18-13-21(37-3)29(39-5)22(14-18)38-4)24(28(35)30(33)36)27(34)17-6-7-19-20(12-17)41-9-8-40-19/h6-7,10-14,26,34H,8-9H2,1-5H3/b27-24-. The Labute approximate surface area is 245 Å². The van der Waals surface area contributed by atoms with Gasteiger partial charge in [-0.2, -0.15) is 0 Å². The predicted molar refractivity (Wildman–Crippen MR) is 157 cm³/mol. The van der Waals surface area contributed by atoms with Gasteiger partial charge in [0.1, 0.15) is 19.0 Å². The van der Waals surface area contributed by atoms with Gasteiger partial charge in [-0.15, -0.1) is 0 Å². The number of aromatic nitrogens is 1. The molecule has 4 aromatic rings. The maximum Gasteiger partial charge on any atom is 0.301 e. The lowest BCUT2D eigenvalue weighted by Crippen LogP contribution is -2.29. The number of carbonyl (C=O) groups is 2. The van der Waals surface area contributed by atoms with E-state index in [9.17, 15) is 14.7 Å². The minimum Gasteiger partial charge on any atom is -0.507 e. The number of anilines is 1. The lowest BCUT2D eigenvalue weighted by atomic mass is 9.94. The molecule has 2 aliphatic rings. The van der Waals surface area contributed by atoms with Gasteiger partial charge in [-0.3, -0.25) is 14.5 Å². The molecule has 0 saturated carbocycles. The van der Waals surface area contributed by atoms with Crippen LogP contribution in [0.4, 0.5) is 5.13 Å². The van der Waals surface area contributed by atoms with Crippen molar-refractivity contribution in [2.75, 3.05) is 39.4 Å². The number of aliphatic hydroxyl groups is 1. The number of aryl methyl sites for hydroxylation is 2. The SMILES string of the molecule is COc1cc(C2/C(=C(/O)c3ccc4c(c3)OCCO4)C(=O)C(=O)N2c2nc3c(C)cc(C)cc3s2)cc(OC)c1OC. The van der Waals surface area contributed by atoms with Crippen molar-refractivity contribution in [2.45, 2.75) is 19.9 Å². The molecular formula is C31H28N2O8S. The van der Waals surface area contributed by atoms with Gasteiger partial charge in [0.05, 0.1) is 43.2 Å². The van der Waals surface area contributed by atoms with E-state index in [1.807, 2.05) is 26.0 Å². The molecule has 42 heavy (non-hydrogen) atoms. The molecule has 1 unspecified atom stereocenters. The van der Waals surface area contributed by atoms with Crippen molar-refractivity contribution < 1.29 is 38.4 Å². The molecule has 1 saturated heterocycles. The molecule has 6 rings (SSSR count). The van der Waals surface area contributed by atoms with E-state index in [4.69, 9.17) is 28.7 Å². The van der Waals surface area contributed by atoms with Gasteiger partial charge in [-0.05, 0) is 66.9 Å². The third-order valence-electron chi connectivity index (χ3n) is 7.29. The van der Waals surface area contributed by atoms with Crippen LogP contribution >= 0.6 is 11.3 Å². The number of ketones is 1. The van der Waals surface area contributed by atoms with Crippen LogP contribution in [0.3, 0.4) is 0 Å². The number of benzene rings is 3. The van der Waals surface area contributed by atoms with Gasteiger partial charge in [0.15, 0.2) is 28.1 Å². The van der Waals surface area contributed by atoms with Crippen molar-refractivity contribution >= 4 is 44.1 Å². The fourth-order valence-electron chi connectivity index (χ4n) is 5.41. The van der Waals surface area contributed by atoms with E-state index >= 15 is 0 Å². The number of fused-ring (bicyclic) bond motifs is 2. The first kappa shape index (κ1) is 27.4. The second-order valence-corrected chi connectivity index (χ2v) is 10.9. The summed E-state index contributed by atoms with van der Waals surface area (Å²) in [5, 5.41) is 12.0. The van der Waals surface area contributed by atoms with Gasteiger partial charge in [-0.25, -0.2) is 4.98 Å². The molecule has 11 heteroatoms. The van der Waals surface area contributed by atoms with Crippen molar-refractivity contribution in [3.05, 3.63) is 70.3 Å². The average Bonchev–Trinajstić information content (AvgIpc) is 3.53. The van der Waals surface area contributed by atoms with Crippen LogP contribution in [0.5, 0.6) is 28.7 Å². The van der Waals surface area contributed by atoms with E-state index in [0.29, 0.717) is 58.2 Å². The van der Waals surface area contributed by atoms with Crippen LogP contribution in [0.1, 0.15) is 28.3 Å². The Morgan fingerprint density at radius 1 is 0.952 bits per heavy atom. The number of Topliss-reactive ketones (excluding diaryl/α,β-unsaturated/α-hetero) is 1. The van der Waals surface area contributed by atoms with Gasteiger partial charge >= 0.3 is 5.91 Å². The molecule has 216 valence electrons. The number of methoxy groups -OCH3 is 3. The molecule has 0 bridgehead atoms. The summed E-state index contributed by atoms with van der Waals surface area (Å²) in [6.45, 7) is 4.70. The predicted octanol–water partition coefficient (Wildman–Crippen LogP) is 5.34. The van der Waals surface area contributed by atoms with Crippen molar-refractivity contribution in [1.29, 1.82) is 0 Å². The highest BCUT2D eigenvalue weighted by atomic mass is 32.1. The van der Waals surface area contributed by atoms with Crippen LogP contribution in [0.2, 0.25) is 0 Å². The lowest BCUT2D eigenvalue weighted by Gasteiger charge is -2.25. The van der Waals surface area contributed by atoms with Crippen LogP contribution in [-0.4, -0.2) is 56.3 Å². The van der Waals surface area contributed by atoms with E-state index in [1.54, 1.807) is 30.3 Å². The Morgan fingerprint density at radius 2 is 1.64 bits per heavy atom. The molecule has 1 amide bonds. The highest BCUT2D eigenvalue weighted by Crippen LogP contribution is 2.49. The molecule has 1 fully saturated rings. The van der Waals surface area contributed by atoms with Gasteiger partial charge in [0.25, 0.3) is 5.78 Å². The highest BCUT2D eigenvalue weighted by molar-refractivity contribution is 7.22. The molecule has 1 aromatic heterocycles. The summed E-state index contributed by atoms with van der Waals surface area (Å²) >= 11 is 1.30. The Hall–Kier alpha value is -4.77. The molecule has 3 heterocycles. The normalized spacial score (nSPS) is 17.5. The maximum absolute atomic E-state index is 13.8. The largest absolute Gasteiger partial charge is 0.507 e. The van der Waals surface area contributed by atoms with Crippen LogP contribution in [-0.2, 0) is 9.59 Å². The molecule has 0 radical (unpaired) electrons. The molecule has 10 nitrogen and oxygen atoms in total. The van der Waals surface area contributed by atoms with E-state index in [-0.39, 0.29) is 11.3 Å². The molecule has 1 atom stereocenters. The van der Waals surface area contributed by atoms with Crippen molar-refractivity contribution in [3.63, 3.8) is 0 Å². The van der Waals surface area contributed by atoms with Crippen LogP contribution in [0.25, 0.3) is 16.0 Å². The summed E-state index contributed by atoms with van der Waals surface area (Å²) in [4.78, 5) is 33.7. The number of hydrogen-bond donors (Lipinski definition) is 1. The molecule has 2 aliphatic heterocycles. The highest BCUT2D eigenvalue weighted by Gasteiger charge is 2.49. The summed E-state index contributed by atoms with van der Waals surface area (Å²) in [7, 11) is 4.44. The number of rotatable bonds is 6. The Bertz CT molecular complexity index is 1770. The third-order valence-corrected chi connectivity index (χ3v) is 8.29. The number of nitrogens with zero attached hydrogens (tertiary/aromatic N) is 2. The first-order valence-corrected chi connectivity index (χ1v) is 14.0. The summed E-state index contributed by atoms with van der Waals surface area (Å²) < 4.78 is 28.8. The number of aliphatic hydroxyl groups excluding tert-OH is 1. The molecule has 1 N–H and O–H groups in total. The van der Waals surface area contributed by atoms with Crippen LogP contribution < -0.4 is 28.6 Å². The monoisotopic (exact) mass is 588 g/mol. The maximum atomic E-state index is 13.8. The number of carbonyl (C=O) groups excluding carboxylic acids is 2. The van der Waals surface area contributed by atoms with Crippen molar-refractivity contribution in [3.8, 4) is 28.7 Å². The second-order valence-electron chi connectivity index (χ2n) is 9.91. The lowest BCUT2D eigenvalue weighted by molar-refractivity contribution is -0.132. The quantitative estimate of drug-likeness (QED) is 0.181. The minimum absolute atomic E-state index is 0.113. The van der Waals surface area contributed by atoms with Crippen LogP contribution in [0.15, 0.2) is 48.0 Å². The Morgan fingerprint density at radius 3 is 2.31 bits per heavy atom. The van der Waals surface area contributed by atoms with E-state index in [0.717, 1.165) is 21.3 Å². The fourth-order valence-corrected chi connectivity index (χ4v) is 6.58. The van der Waals surface area contributed by atoms with E-state index < -0.39 is 17.7 Å². The van der Waals surface area contributed by atoms with Gasteiger partial charge in [0, 0.05) is 5.56 Å². The minimum atomic E-state index is -1.06. The van der Waals surface area contributed by atoms with Crippen LogP contribution in [0, 0.1) is 13.8 Å². The summed E-state index contributed by atoms with van der Waals surface area (Å²) in [5.41, 5.74) is 3.37.